The summed E-state index contributed by atoms with van der Waals surface area (Å²) in [4.78, 5) is 28.8. The Morgan fingerprint density at radius 1 is 0.971 bits per heavy atom. The van der Waals surface area contributed by atoms with E-state index < -0.39 is 11.9 Å². The van der Waals surface area contributed by atoms with Gasteiger partial charge in [0.2, 0.25) is 11.8 Å². The average molecular weight is 474 g/mol. The molecule has 8 heteroatoms. The van der Waals surface area contributed by atoms with E-state index in [2.05, 4.69) is 29.5 Å². The van der Waals surface area contributed by atoms with Gasteiger partial charge in [-0.25, -0.2) is 9.07 Å². The van der Waals surface area contributed by atoms with Gasteiger partial charge in [-0.2, -0.15) is 0 Å². The number of aromatic nitrogens is 3. The van der Waals surface area contributed by atoms with Crippen molar-refractivity contribution in [3.63, 3.8) is 0 Å². The highest BCUT2D eigenvalue weighted by atomic mass is 19.1. The molecule has 0 saturated carbocycles. The van der Waals surface area contributed by atoms with Gasteiger partial charge in [0.25, 0.3) is 0 Å². The molecular formula is C27H28FN5O2. The Kier molecular flexibility index (Phi) is 7.50. The highest BCUT2D eigenvalue weighted by Gasteiger charge is 2.33. The van der Waals surface area contributed by atoms with Gasteiger partial charge in [-0.15, -0.1) is 5.10 Å². The van der Waals surface area contributed by atoms with Crippen molar-refractivity contribution in [3.05, 3.63) is 90.2 Å². The van der Waals surface area contributed by atoms with Crippen LogP contribution in [-0.4, -0.2) is 33.4 Å². The monoisotopic (exact) mass is 473 g/mol. The predicted octanol–water partition coefficient (Wildman–Crippen LogP) is 4.51. The third-order valence-corrected chi connectivity index (χ3v) is 5.72. The van der Waals surface area contributed by atoms with Crippen molar-refractivity contribution < 1.29 is 14.0 Å². The lowest BCUT2D eigenvalue weighted by atomic mass is 10.0. The minimum Gasteiger partial charge on any atom is -0.354 e. The Morgan fingerprint density at radius 2 is 1.66 bits per heavy atom. The number of carbonyl (C=O) groups is 2. The maximum atomic E-state index is 13.8. The van der Waals surface area contributed by atoms with Gasteiger partial charge < -0.3 is 5.32 Å². The second-order valence-corrected chi connectivity index (χ2v) is 8.76. The zero-order chi connectivity index (χ0) is 24.8. The molecule has 4 aromatic rings. The molecule has 3 aromatic carbocycles. The van der Waals surface area contributed by atoms with Gasteiger partial charge in [0.05, 0.1) is 5.52 Å². The zero-order valence-corrected chi connectivity index (χ0v) is 19.8. The number of nitrogens with zero attached hydrogens (tertiary/aromatic N) is 4. The third kappa shape index (κ3) is 5.71. The molecule has 1 atom stereocenters. The van der Waals surface area contributed by atoms with Gasteiger partial charge >= 0.3 is 0 Å². The smallest absolute Gasteiger partial charge is 0.249 e. The van der Waals surface area contributed by atoms with Crippen molar-refractivity contribution in [2.24, 2.45) is 5.92 Å². The second kappa shape index (κ2) is 10.9. The first kappa shape index (κ1) is 24.1. The maximum Gasteiger partial charge on any atom is 0.249 e. The molecule has 2 amide bonds. The third-order valence-electron chi connectivity index (χ3n) is 5.72. The molecule has 0 aliphatic rings. The normalized spacial score (nSPS) is 12.0. The Balaban J connectivity index is 1.73. The summed E-state index contributed by atoms with van der Waals surface area (Å²) >= 11 is 0. The van der Waals surface area contributed by atoms with Crippen LogP contribution in [0, 0.1) is 11.7 Å². The van der Waals surface area contributed by atoms with Crippen molar-refractivity contribution in [1.82, 2.24) is 20.3 Å². The summed E-state index contributed by atoms with van der Waals surface area (Å²) in [5.41, 5.74) is 2.45. The number of benzene rings is 3. The number of amides is 2. The molecule has 4 rings (SSSR count). The summed E-state index contributed by atoms with van der Waals surface area (Å²) in [6, 6.07) is 21.0. The first-order valence-electron chi connectivity index (χ1n) is 11.6. The molecule has 7 nitrogen and oxygen atoms in total. The number of halogens is 1. The highest BCUT2D eigenvalue weighted by Crippen LogP contribution is 2.29. The fourth-order valence-corrected chi connectivity index (χ4v) is 3.91. The van der Waals surface area contributed by atoms with Gasteiger partial charge in [0, 0.05) is 12.2 Å². The SMILES string of the molecule is CC(C)CCNC(=O)[C@@H](c1ccc(F)cc1)N(C(=O)Cn1nnc2ccccc21)c1ccccc1. The van der Waals surface area contributed by atoms with Crippen LogP contribution in [0.2, 0.25) is 0 Å². The molecule has 35 heavy (non-hydrogen) atoms. The number of hydrogen-bond donors (Lipinski definition) is 1. The first-order valence-corrected chi connectivity index (χ1v) is 11.6. The van der Waals surface area contributed by atoms with E-state index in [0.29, 0.717) is 34.7 Å². The van der Waals surface area contributed by atoms with Crippen molar-refractivity contribution in [2.45, 2.75) is 32.9 Å². The van der Waals surface area contributed by atoms with Crippen molar-refractivity contribution in [2.75, 3.05) is 11.4 Å². The van der Waals surface area contributed by atoms with E-state index in [0.717, 1.165) is 6.42 Å². The van der Waals surface area contributed by atoms with Crippen molar-refractivity contribution >= 4 is 28.5 Å². The Labute approximate surface area is 203 Å². The molecule has 1 aromatic heterocycles. The number of para-hydroxylation sites is 2. The molecule has 0 spiro atoms. The van der Waals surface area contributed by atoms with Crippen LogP contribution >= 0.6 is 0 Å². The molecular weight excluding hydrogens is 445 g/mol. The van der Waals surface area contributed by atoms with Gasteiger partial charge in [-0.05, 0) is 54.3 Å². The van der Waals surface area contributed by atoms with E-state index in [1.807, 2.05) is 30.3 Å². The van der Waals surface area contributed by atoms with E-state index in [1.165, 1.54) is 33.8 Å². The number of hydrogen-bond acceptors (Lipinski definition) is 4. The average Bonchev–Trinajstić information content (AvgIpc) is 3.26. The summed E-state index contributed by atoms with van der Waals surface area (Å²) < 4.78 is 15.2. The zero-order valence-electron chi connectivity index (χ0n) is 19.8. The summed E-state index contributed by atoms with van der Waals surface area (Å²) in [5, 5.41) is 11.2. The Bertz CT molecular complexity index is 1290. The topological polar surface area (TPSA) is 80.1 Å². The summed E-state index contributed by atoms with van der Waals surface area (Å²) in [5.74, 6) is -0.690. The van der Waals surface area contributed by atoms with Crippen LogP contribution < -0.4 is 10.2 Å². The molecule has 0 bridgehead atoms. The van der Waals surface area contributed by atoms with Gasteiger partial charge in [-0.3, -0.25) is 14.5 Å². The van der Waals surface area contributed by atoms with Crippen LogP contribution in [0.25, 0.3) is 11.0 Å². The molecule has 0 aliphatic carbocycles. The highest BCUT2D eigenvalue weighted by molar-refractivity contribution is 6.01. The summed E-state index contributed by atoms with van der Waals surface area (Å²) in [6.45, 7) is 4.50. The lowest BCUT2D eigenvalue weighted by Crippen LogP contribution is -2.45. The van der Waals surface area contributed by atoms with Crippen LogP contribution in [0.15, 0.2) is 78.9 Å². The maximum absolute atomic E-state index is 13.8. The molecule has 1 N–H and O–H groups in total. The van der Waals surface area contributed by atoms with Crippen molar-refractivity contribution in [1.29, 1.82) is 0 Å². The van der Waals surface area contributed by atoms with E-state index in [9.17, 15) is 14.0 Å². The lowest BCUT2D eigenvalue weighted by Gasteiger charge is -2.31. The summed E-state index contributed by atoms with van der Waals surface area (Å²) in [7, 11) is 0. The molecule has 0 radical (unpaired) electrons. The van der Waals surface area contributed by atoms with Gasteiger partial charge in [0.1, 0.15) is 23.9 Å². The fraction of sp³-hybridized carbons (Fsp3) is 0.259. The van der Waals surface area contributed by atoms with Gasteiger partial charge in [-0.1, -0.05) is 61.5 Å². The van der Waals surface area contributed by atoms with Crippen LogP contribution in [-0.2, 0) is 16.1 Å². The van der Waals surface area contributed by atoms with Crippen LogP contribution in [0.1, 0.15) is 31.9 Å². The fourth-order valence-electron chi connectivity index (χ4n) is 3.91. The number of nitrogens with one attached hydrogen (secondary N) is 1. The first-order chi connectivity index (χ1) is 16.9. The number of anilines is 1. The van der Waals surface area contributed by atoms with Crippen LogP contribution in [0.4, 0.5) is 10.1 Å². The summed E-state index contributed by atoms with van der Waals surface area (Å²) in [6.07, 6.45) is 0.798. The number of rotatable bonds is 9. The molecule has 0 saturated heterocycles. The molecule has 0 fully saturated rings. The molecule has 0 unspecified atom stereocenters. The molecule has 180 valence electrons. The molecule has 1 heterocycles. The Hall–Kier alpha value is -4.07. The quantitative estimate of drug-likeness (QED) is 0.388. The van der Waals surface area contributed by atoms with E-state index in [4.69, 9.17) is 0 Å². The second-order valence-electron chi connectivity index (χ2n) is 8.76. The standard InChI is InChI=1S/C27H28FN5O2/c1-19(2)16-17-29-27(35)26(20-12-14-21(28)15-13-20)33(22-8-4-3-5-9-22)25(34)18-32-24-11-7-6-10-23(24)30-31-32/h3-15,19,26H,16-18H2,1-2H3,(H,29,35)/t26-/m1/s1. The minimum atomic E-state index is -0.993. The van der Waals surface area contributed by atoms with Crippen LogP contribution in [0.5, 0.6) is 0 Å². The van der Waals surface area contributed by atoms with E-state index >= 15 is 0 Å². The number of fused-ring (bicyclic) bond motifs is 1. The van der Waals surface area contributed by atoms with Gasteiger partial charge in [0.15, 0.2) is 0 Å². The minimum absolute atomic E-state index is 0.119. The van der Waals surface area contributed by atoms with E-state index in [-0.39, 0.29) is 18.4 Å². The lowest BCUT2D eigenvalue weighted by molar-refractivity contribution is -0.127. The van der Waals surface area contributed by atoms with Crippen LogP contribution in [0.3, 0.4) is 0 Å². The number of carbonyl (C=O) groups excluding carboxylic acids is 2. The van der Waals surface area contributed by atoms with E-state index in [1.54, 1.807) is 24.3 Å². The predicted molar refractivity (Wildman–Crippen MR) is 133 cm³/mol. The largest absolute Gasteiger partial charge is 0.354 e. The Morgan fingerprint density at radius 3 is 2.37 bits per heavy atom. The van der Waals surface area contributed by atoms with Crippen molar-refractivity contribution in [3.8, 4) is 0 Å². The molecule has 0 aliphatic heterocycles.